The van der Waals surface area contributed by atoms with E-state index in [9.17, 15) is 0 Å². The Kier molecular flexibility index (Phi) is 3.26. The minimum Gasteiger partial charge on any atom is -0.467 e. The van der Waals surface area contributed by atoms with Crippen LogP contribution in [0.5, 0.6) is 6.01 Å². The number of ether oxygens (including phenoxy) is 1. The fraction of sp³-hybridized carbons (Fsp3) is 0.600. The fourth-order valence-electron chi connectivity index (χ4n) is 1.81. The van der Waals surface area contributed by atoms with Crippen LogP contribution in [-0.2, 0) is 0 Å². The van der Waals surface area contributed by atoms with Crippen LogP contribution >= 0.6 is 11.6 Å². The summed E-state index contributed by atoms with van der Waals surface area (Å²) >= 11 is 5.99. The smallest absolute Gasteiger partial charge is 0.318 e. The molecule has 1 N–H and O–H groups in total. The van der Waals surface area contributed by atoms with Gasteiger partial charge in [-0.2, -0.15) is 4.98 Å². The van der Waals surface area contributed by atoms with Crippen molar-refractivity contribution in [3.05, 3.63) is 11.2 Å². The second-order valence-corrected chi connectivity index (χ2v) is 4.09. The van der Waals surface area contributed by atoms with E-state index in [0.717, 1.165) is 0 Å². The maximum absolute atomic E-state index is 5.99. The summed E-state index contributed by atoms with van der Waals surface area (Å²) in [5.41, 5.74) is 0. The van der Waals surface area contributed by atoms with Gasteiger partial charge in [0.1, 0.15) is 5.02 Å². The quantitative estimate of drug-likeness (QED) is 0.862. The fourth-order valence-corrected chi connectivity index (χ4v) is 1.96. The third-order valence-corrected chi connectivity index (χ3v) is 2.88. The van der Waals surface area contributed by atoms with Crippen LogP contribution < -0.4 is 10.1 Å². The number of nitrogens with one attached hydrogen (secondary N) is 1. The topological polar surface area (TPSA) is 47.0 Å². The van der Waals surface area contributed by atoms with E-state index >= 15 is 0 Å². The lowest BCUT2D eigenvalue weighted by Crippen LogP contribution is -2.16. The van der Waals surface area contributed by atoms with Gasteiger partial charge in [0.25, 0.3) is 0 Å². The Morgan fingerprint density at radius 2 is 2.20 bits per heavy atom. The molecule has 1 aromatic heterocycles. The Hall–Kier alpha value is -1.03. The van der Waals surface area contributed by atoms with E-state index in [-0.39, 0.29) is 0 Å². The monoisotopic (exact) mass is 227 g/mol. The lowest BCUT2D eigenvalue weighted by molar-refractivity contribution is 0.380. The van der Waals surface area contributed by atoms with Gasteiger partial charge in [-0.05, 0) is 12.8 Å². The largest absolute Gasteiger partial charge is 0.467 e. The number of hydrogen-bond donors (Lipinski definition) is 1. The third-order valence-electron chi connectivity index (χ3n) is 2.60. The molecular weight excluding hydrogens is 214 g/mol. The molecule has 1 fully saturated rings. The first kappa shape index (κ1) is 10.5. The predicted molar refractivity (Wildman–Crippen MR) is 59.5 cm³/mol. The molecule has 5 heteroatoms. The van der Waals surface area contributed by atoms with E-state index in [2.05, 4.69) is 15.3 Å². The number of halogens is 1. The predicted octanol–water partition coefficient (Wildman–Crippen LogP) is 2.49. The zero-order valence-corrected chi connectivity index (χ0v) is 9.42. The highest BCUT2D eigenvalue weighted by Crippen LogP contribution is 2.26. The van der Waals surface area contributed by atoms with Gasteiger partial charge in [0.05, 0.1) is 13.3 Å². The van der Waals surface area contributed by atoms with E-state index < -0.39 is 0 Å². The summed E-state index contributed by atoms with van der Waals surface area (Å²) in [6, 6.07) is 0.835. The second kappa shape index (κ2) is 4.66. The lowest BCUT2D eigenvalue weighted by atomic mass is 10.2. The molecule has 0 radical (unpaired) electrons. The highest BCUT2D eigenvalue weighted by atomic mass is 35.5. The number of anilines is 1. The first-order chi connectivity index (χ1) is 7.29. The van der Waals surface area contributed by atoms with E-state index in [1.807, 2.05) is 0 Å². The second-order valence-electron chi connectivity index (χ2n) is 3.68. The molecule has 0 atom stereocenters. The lowest BCUT2D eigenvalue weighted by Gasteiger charge is -2.13. The van der Waals surface area contributed by atoms with Gasteiger partial charge in [-0.25, -0.2) is 4.98 Å². The van der Waals surface area contributed by atoms with Crippen molar-refractivity contribution < 1.29 is 4.74 Å². The van der Waals surface area contributed by atoms with Crippen molar-refractivity contribution in [2.45, 2.75) is 31.7 Å². The van der Waals surface area contributed by atoms with Crippen LogP contribution in [0.15, 0.2) is 6.20 Å². The number of hydrogen-bond acceptors (Lipinski definition) is 4. The Morgan fingerprint density at radius 3 is 2.87 bits per heavy atom. The summed E-state index contributed by atoms with van der Waals surface area (Å²) in [5.74, 6) is 0.676. The van der Waals surface area contributed by atoms with E-state index in [1.165, 1.54) is 25.7 Å². The number of nitrogens with zero attached hydrogens (tertiary/aromatic N) is 2. The molecule has 2 rings (SSSR count). The molecule has 1 heterocycles. The SMILES string of the molecule is COc1ncc(Cl)c(NC2CCCC2)n1. The van der Waals surface area contributed by atoms with Gasteiger partial charge in [-0.15, -0.1) is 0 Å². The summed E-state index contributed by atoms with van der Waals surface area (Å²) in [5, 5.41) is 3.86. The number of rotatable bonds is 3. The zero-order valence-electron chi connectivity index (χ0n) is 8.66. The molecule has 15 heavy (non-hydrogen) atoms. The first-order valence-corrected chi connectivity index (χ1v) is 5.50. The number of methoxy groups -OCH3 is 1. The van der Waals surface area contributed by atoms with Crippen LogP contribution in [0.4, 0.5) is 5.82 Å². The minimum atomic E-state index is 0.347. The van der Waals surface area contributed by atoms with E-state index in [0.29, 0.717) is 22.9 Å². The Bertz CT molecular complexity index is 339. The van der Waals surface area contributed by atoms with Gasteiger partial charge >= 0.3 is 6.01 Å². The van der Waals surface area contributed by atoms with Crippen LogP contribution in [0.1, 0.15) is 25.7 Å². The first-order valence-electron chi connectivity index (χ1n) is 5.12. The van der Waals surface area contributed by atoms with Gasteiger partial charge in [0.15, 0.2) is 5.82 Å². The molecule has 0 bridgehead atoms. The molecule has 82 valence electrons. The Labute approximate surface area is 94.0 Å². The molecule has 0 saturated heterocycles. The molecule has 0 aliphatic heterocycles. The van der Waals surface area contributed by atoms with E-state index in [4.69, 9.17) is 16.3 Å². The molecular formula is C10H14ClN3O. The molecule has 0 unspecified atom stereocenters. The maximum atomic E-state index is 5.99. The standard InChI is InChI=1S/C10H14ClN3O/c1-15-10-12-6-8(11)9(14-10)13-7-4-2-3-5-7/h6-7H,2-5H2,1H3,(H,12,13,14). The summed E-state index contributed by atoms with van der Waals surface area (Å²) < 4.78 is 4.95. The van der Waals surface area contributed by atoms with E-state index in [1.54, 1.807) is 13.3 Å². The van der Waals surface area contributed by atoms with Gasteiger partial charge in [0, 0.05) is 6.04 Å². The molecule has 4 nitrogen and oxygen atoms in total. The van der Waals surface area contributed by atoms with Gasteiger partial charge < -0.3 is 10.1 Å². The molecule has 0 amide bonds. The third kappa shape index (κ3) is 2.50. The average molecular weight is 228 g/mol. The van der Waals surface area contributed by atoms with Crippen LogP contribution in [0.3, 0.4) is 0 Å². The molecule has 1 saturated carbocycles. The summed E-state index contributed by atoms with van der Waals surface area (Å²) in [4.78, 5) is 8.10. The van der Waals surface area contributed by atoms with Crippen molar-refractivity contribution in [2.75, 3.05) is 12.4 Å². The van der Waals surface area contributed by atoms with Gasteiger partial charge in [-0.1, -0.05) is 24.4 Å². The van der Waals surface area contributed by atoms with Crippen molar-refractivity contribution in [1.29, 1.82) is 0 Å². The van der Waals surface area contributed by atoms with Crippen molar-refractivity contribution in [3.8, 4) is 6.01 Å². The summed E-state index contributed by atoms with van der Waals surface area (Å²) in [7, 11) is 1.54. The summed E-state index contributed by atoms with van der Waals surface area (Å²) in [6.07, 6.45) is 6.48. The minimum absolute atomic E-state index is 0.347. The average Bonchev–Trinajstić information content (AvgIpc) is 2.74. The zero-order chi connectivity index (χ0) is 10.7. The van der Waals surface area contributed by atoms with Crippen LogP contribution in [0.25, 0.3) is 0 Å². The van der Waals surface area contributed by atoms with Crippen LogP contribution in [0.2, 0.25) is 5.02 Å². The normalized spacial score (nSPS) is 16.7. The Morgan fingerprint density at radius 1 is 1.47 bits per heavy atom. The number of aromatic nitrogens is 2. The van der Waals surface area contributed by atoms with Crippen molar-refractivity contribution >= 4 is 17.4 Å². The summed E-state index contributed by atoms with van der Waals surface area (Å²) in [6.45, 7) is 0. The highest BCUT2D eigenvalue weighted by Gasteiger charge is 2.16. The molecule has 0 spiro atoms. The van der Waals surface area contributed by atoms with Crippen molar-refractivity contribution in [2.24, 2.45) is 0 Å². The van der Waals surface area contributed by atoms with Gasteiger partial charge in [-0.3, -0.25) is 0 Å². The molecule has 0 aromatic carbocycles. The molecule has 1 aliphatic rings. The van der Waals surface area contributed by atoms with Crippen molar-refractivity contribution in [3.63, 3.8) is 0 Å². The highest BCUT2D eigenvalue weighted by molar-refractivity contribution is 6.32. The Balaban J connectivity index is 2.11. The molecule has 1 aliphatic carbocycles. The van der Waals surface area contributed by atoms with Crippen molar-refractivity contribution in [1.82, 2.24) is 9.97 Å². The van der Waals surface area contributed by atoms with Crippen LogP contribution in [0, 0.1) is 0 Å². The maximum Gasteiger partial charge on any atom is 0.318 e. The molecule has 1 aromatic rings. The van der Waals surface area contributed by atoms with Crippen LogP contribution in [-0.4, -0.2) is 23.1 Å². The van der Waals surface area contributed by atoms with Gasteiger partial charge in [0.2, 0.25) is 0 Å².